The second-order valence-electron chi connectivity index (χ2n) is 17.9. The van der Waals surface area contributed by atoms with Crippen LogP contribution in [0.2, 0.25) is 0 Å². The van der Waals surface area contributed by atoms with Crippen molar-refractivity contribution in [2.75, 3.05) is 4.90 Å². The fraction of sp³-hybridized carbons (Fsp3) is 0.0154. The Labute approximate surface area is 389 Å². The van der Waals surface area contributed by atoms with E-state index in [2.05, 4.69) is 264 Å². The Morgan fingerprint density at radius 1 is 0.299 bits per heavy atom. The molecule has 1 aliphatic carbocycles. The highest BCUT2D eigenvalue weighted by Crippen LogP contribution is 2.63. The molecule has 14 rings (SSSR count). The largest absolute Gasteiger partial charge is 0.309 e. The molecular weight excluding hydrogens is 809 g/mol. The van der Waals surface area contributed by atoms with E-state index in [0.29, 0.717) is 0 Å². The molecule has 2 aliphatic rings. The Morgan fingerprint density at radius 2 is 0.806 bits per heavy atom. The van der Waals surface area contributed by atoms with Crippen LogP contribution in [0.3, 0.4) is 0 Å². The molecule has 1 aliphatic heterocycles. The standard InChI is InChI=1S/C65H42N2/c1-2-21-44(22-3-1)46-26-9-14-38-58(46)66(59-39-15-10-29-50(59)49-28-7-6-27-48(49)47-32-18-24-43-23-4-5-25-45(43)47)62-42-20-36-56-63(62)53-31-8-12-34-54(53)65(56)55-35-13-17-41-61(55)67-60-40-16-11-30-51(60)52-33-19-37-57(65)64(52)67/h1-42H. The predicted molar refractivity (Wildman–Crippen MR) is 280 cm³/mol. The molecule has 1 atom stereocenters. The molecule has 2 heteroatoms. The molecule has 1 spiro atoms. The molecule has 0 saturated carbocycles. The second-order valence-corrected chi connectivity index (χ2v) is 17.9. The van der Waals surface area contributed by atoms with Gasteiger partial charge in [0.25, 0.3) is 0 Å². The molecular formula is C65H42N2. The Kier molecular flexibility index (Phi) is 8.23. The molecule has 0 saturated heterocycles. The van der Waals surface area contributed by atoms with Crippen molar-refractivity contribution in [2.45, 2.75) is 5.41 Å². The Morgan fingerprint density at radius 3 is 1.64 bits per heavy atom. The molecule has 0 amide bonds. The highest BCUT2D eigenvalue weighted by Gasteiger charge is 2.51. The first-order valence-electron chi connectivity index (χ1n) is 23.3. The van der Waals surface area contributed by atoms with Crippen molar-refractivity contribution in [3.8, 4) is 50.2 Å². The van der Waals surface area contributed by atoms with Gasteiger partial charge < -0.3 is 9.47 Å². The van der Waals surface area contributed by atoms with E-state index in [-0.39, 0.29) is 0 Å². The zero-order valence-electron chi connectivity index (χ0n) is 36.6. The lowest BCUT2D eigenvalue weighted by Crippen LogP contribution is -2.33. The topological polar surface area (TPSA) is 8.17 Å². The number of para-hydroxylation sites is 5. The summed E-state index contributed by atoms with van der Waals surface area (Å²) in [5, 5.41) is 5.02. The number of anilines is 3. The average molecular weight is 851 g/mol. The summed E-state index contributed by atoms with van der Waals surface area (Å²) in [6.07, 6.45) is 0. The number of fused-ring (bicyclic) bond motifs is 13. The van der Waals surface area contributed by atoms with Crippen LogP contribution in [0.15, 0.2) is 255 Å². The number of benzene rings is 11. The maximum Gasteiger partial charge on any atom is 0.0755 e. The first-order chi connectivity index (χ1) is 33.3. The van der Waals surface area contributed by atoms with Crippen molar-refractivity contribution in [1.82, 2.24) is 4.57 Å². The van der Waals surface area contributed by atoms with Gasteiger partial charge in [-0.2, -0.15) is 0 Å². The van der Waals surface area contributed by atoms with Gasteiger partial charge in [0, 0.05) is 27.5 Å². The first kappa shape index (κ1) is 37.6. The first-order valence-corrected chi connectivity index (χ1v) is 23.3. The SMILES string of the molecule is c1ccc(-c2ccccc2N(c2ccccc2-c2ccccc2-c2cccc3ccccc23)c2cccc3c2-c2ccccc2C32c3ccccc3-n3c4ccccc4c4cccc2c43)cc1. The molecule has 1 aromatic heterocycles. The van der Waals surface area contributed by atoms with Crippen molar-refractivity contribution in [2.24, 2.45) is 0 Å². The van der Waals surface area contributed by atoms with Crippen LogP contribution < -0.4 is 4.90 Å². The minimum atomic E-state index is -0.590. The Hall–Kier alpha value is -8.72. The van der Waals surface area contributed by atoms with Crippen LogP contribution in [0.4, 0.5) is 17.1 Å². The fourth-order valence-electron chi connectivity index (χ4n) is 12.0. The normalized spacial score (nSPS) is 14.3. The summed E-state index contributed by atoms with van der Waals surface area (Å²) in [7, 11) is 0. The molecule has 0 bridgehead atoms. The molecule has 2 heterocycles. The van der Waals surface area contributed by atoms with Gasteiger partial charge in [0.15, 0.2) is 0 Å². The zero-order chi connectivity index (χ0) is 44.1. The second kappa shape index (κ2) is 14.7. The van der Waals surface area contributed by atoms with Gasteiger partial charge >= 0.3 is 0 Å². The molecule has 12 aromatic rings. The van der Waals surface area contributed by atoms with Gasteiger partial charge in [-0.25, -0.2) is 0 Å². The zero-order valence-corrected chi connectivity index (χ0v) is 36.6. The van der Waals surface area contributed by atoms with Crippen molar-refractivity contribution >= 4 is 49.6 Å². The minimum absolute atomic E-state index is 0.590. The van der Waals surface area contributed by atoms with Crippen molar-refractivity contribution in [3.63, 3.8) is 0 Å². The summed E-state index contributed by atoms with van der Waals surface area (Å²) in [6, 6.07) is 94.5. The van der Waals surface area contributed by atoms with Gasteiger partial charge in [0.1, 0.15) is 0 Å². The smallest absolute Gasteiger partial charge is 0.0755 e. The Balaban J connectivity index is 1.10. The number of rotatable bonds is 6. The summed E-state index contributed by atoms with van der Waals surface area (Å²) < 4.78 is 2.52. The van der Waals surface area contributed by atoms with Crippen molar-refractivity contribution in [3.05, 3.63) is 277 Å². The van der Waals surface area contributed by atoms with E-state index in [1.165, 1.54) is 93.9 Å². The molecule has 0 radical (unpaired) electrons. The van der Waals surface area contributed by atoms with Gasteiger partial charge in [-0.05, 0) is 91.2 Å². The molecule has 1 unspecified atom stereocenters. The fourth-order valence-corrected chi connectivity index (χ4v) is 12.0. The molecule has 0 N–H and O–H groups in total. The Bertz CT molecular complexity index is 3950. The summed E-state index contributed by atoms with van der Waals surface area (Å²) >= 11 is 0. The van der Waals surface area contributed by atoms with Crippen LogP contribution in [-0.2, 0) is 5.41 Å². The van der Waals surface area contributed by atoms with E-state index in [4.69, 9.17) is 0 Å². The third-order valence-electron chi connectivity index (χ3n) is 14.6. The van der Waals surface area contributed by atoms with Gasteiger partial charge in [-0.3, -0.25) is 0 Å². The van der Waals surface area contributed by atoms with Crippen LogP contribution in [0, 0.1) is 0 Å². The van der Waals surface area contributed by atoms with Gasteiger partial charge in [-0.1, -0.05) is 224 Å². The van der Waals surface area contributed by atoms with E-state index >= 15 is 0 Å². The van der Waals surface area contributed by atoms with Crippen molar-refractivity contribution < 1.29 is 0 Å². The molecule has 2 nitrogen and oxygen atoms in total. The van der Waals surface area contributed by atoms with Crippen LogP contribution >= 0.6 is 0 Å². The van der Waals surface area contributed by atoms with E-state index in [9.17, 15) is 0 Å². The van der Waals surface area contributed by atoms with E-state index in [0.717, 1.165) is 28.2 Å². The van der Waals surface area contributed by atoms with E-state index in [1.54, 1.807) is 0 Å². The van der Waals surface area contributed by atoms with Crippen LogP contribution in [0.25, 0.3) is 82.8 Å². The van der Waals surface area contributed by atoms with E-state index in [1.807, 2.05) is 0 Å². The number of nitrogens with zero attached hydrogens (tertiary/aromatic N) is 2. The number of hydrogen-bond donors (Lipinski definition) is 0. The lowest BCUT2D eigenvalue weighted by Gasteiger charge is -2.39. The minimum Gasteiger partial charge on any atom is -0.309 e. The quantitative estimate of drug-likeness (QED) is 0.162. The average Bonchev–Trinajstić information content (AvgIpc) is 3.90. The highest BCUT2D eigenvalue weighted by atomic mass is 15.2. The third kappa shape index (κ3) is 5.27. The summed E-state index contributed by atoms with van der Waals surface area (Å²) in [6.45, 7) is 0. The van der Waals surface area contributed by atoms with Crippen LogP contribution in [0.5, 0.6) is 0 Å². The summed E-state index contributed by atoms with van der Waals surface area (Å²) in [4.78, 5) is 2.57. The molecule has 0 fully saturated rings. The van der Waals surface area contributed by atoms with Gasteiger partial charge in [-0.15, -0.1) is 0 Å². The third-order valence-corrected chi connectivity index (χ3v) is 14.6. The molecule has 67 heavy (non-hydrogen) atoms. The maximum absolute atomic E-state index is 2.57. The van der Waals surface area contributed by atoms with E-state index < -0.39 is 5.41 Å². The monoisotopic (exact) mass is 850 g/mol. The lowest BCUT2D eigenvalue weighted by molar-refractivity contribution is 0.748. The van der Waals surface area contributed by atoms with Gasteiger partial charge in [0.2, 0.25) is 0 Å². The summed E-state index contributed by atoms with van der Waals surface area (Å²) in [5.74, 6) is 0. The molecule has 312 valence electrons. The van der Waals surface area contributed by atoms with Gasteiger partial charge in [0.05, 0.1) is 39.2 Å². The van der Waals surface area contributed by atoms with Crippen LogP contribution in [0.1, 0.15) is 22.3 Å². The maximum atomic E-state index is 2.57. The molecule has 11 aromatic carbocycles. The van der Waals surface area contributed by atoms with Crippen LogP contribution in [-0.4, -0.2) is 4.57 Å². The predicted octanol–water partition coefficient (Wildman–Crippen LogP) is 17.1. The van der Waals surface area contributed by atoms with Crippen molar-refractivity contribution in [1.29, 1.82) is 0 Å². The highest BCUT2D eigenvalue weighted by molar-refractivity contribution is 6.13. The number of hydrogen-bond acceptors (Lipinski definition) is 1. The number of aromatic nitrogens is 1. The summed E-state index contributed by atoms with van der Waals surface area (Å²) in [5.41, 5.74) is 21.3. The lowest BCUT2D eigenvalue weighted by atomic mass is 9.65.